The molecule has 146 valence electrons. The Labute approximate surface area is 164 Å². The molecule has 1 aromatic carbocycles. The Balaban J connectivity index is 2.00. The van der Waals surface area contributed by atoms with Crippen molar-refractivity contribution in [2.45, 2.75) is 58.9 Å². The van der Waals surface area contributed by atoms with Gasteiger partial charge in [0.05, 0.1) is 11.3 Å². The van der Waals surface area contributed by atoms with Gasteiger partial charge in [-0.05, 0) is 57.2 Å². The smallest absolute Gasteiger partial charge is 0.165 e. The molecule has 4 rings (SSSR count). The maximum absolute atomic E-state index is 14.0. The van der Waals surface area contributed by atoms with Crippen molar-refractivity contribution in [1.82, 2.24) is 14.6 Å². The number of anilines is 1. The number of aldehydes is 1. The van der Waals surface area contributed by atoms with Gasteiger partial charge in [-0.15, -0.1) is 0 Å². The zero-order valence-corrected chi connectivity index (χ0v) is 16.6. The molecule has 28 heavy (non-hydrogen) atoms. The molecule has 0 spiro atoms. The molecular weight excluding hydrogens is 355 g/mol. The molecule has 0 atom stereocenters. The van der Waals surface area contributed by atoms with Gasteiger partial charge < -0.3 is 5.32 Å². The second-order valence-electron chi connectivity index (χ2n) is 7.44. The van der Waals surface area contributed by atoms with Gasteiger partial charge in [0, 0.05) is 28.4 Å². The Kier molecular flexibility index (Phi) is 4.87. The van der Waals surface area contributed by atoms with Crippen molar-refractivity contribution in [3.8, 4) is 11.1 Å². The first-order chi connectivity index (χ1) is 13.6. The second-order valence-corrected chi connectivity index (χ2v) is 7.44. The number of nitrogens with one attached hydrogen (secondary N) is 1. The average Bonchev–Trinajstić information content (AvgIpc) is 3.28. The fraction of sp³-hybridized carbons (Fsp3) is 0.409. The number of aromatic nitrogens is 3. The minimum atomic E-state index is -0.379. The molecule has 6 heteroatoms. The van der Waals surface area contributed by atoms with Crippen molar-refractivity contribution in [2.24, 2.45) is 0 Å². The summed E-state index contributed by atoms with van der Waals surface area (Å²) in [6.45, 7) is 6.22. The number of rotatable bonds is 6. The van der Waals surface area contributed by atoms with E-state index in [1.165, 1.54) is 23.8 Å². The fourth-order valence-corrected chi connectivity index (χ4v) is 4.13. The normalized spacial score (nSPS) is 13.3. The van der Waals surface area contributed by atoms with Crippen LogP contribution in [0.5, 0.6) is 0 Å². The third kappa shape index (κ3) is 2.97. The van der Waals surface area contributed by atoms with Gasteiger partial charge in [0.1, 0.15) is 11.6 Å². The quantitative estimate of drug-likeness (QED) is 0.627. The van der Waals surface area contributed by atoms with Gasteiger partial charge in [0.25, 0.3) is 0 Å². The summed E-state index contributed by atoms with van der Waals surface area (Å²) < 4.78 is 15.8. The Morgan fingerprint density at radius 1 is 1.29 bits per heavy atom. The van der Waals surface area contributed by atoms with Crippen molar-refractivity contribution >= 4 is 17.8 Å². The molecule has 0 saturated heterocycles. The van der Waals surface area contributed by atoms with E-state index < -0.39 is 0 Å². The molecule has 2 heterocycles. The summed E-state index contributed by atoms with van der Waals surface area (Å²) >= 11 is 0. The van der Waals surface area contributed by atoms with Crippen LogP contribution in [0.2, 0.25) is 0 Å². The first-order valence-electron chi connectivity index (χ1n) is 10.00. The third-order valence-corrected chi connectivity index (χ3v) is 5.70. The molecule has 0 saturated carbocycles. The molecule has 0 bridgehead atoms. The monoisotopic (exact) mass is 380 g/mol. The number of fused-ring (bicyclic) bond motifs is 2. The molecule has 0 aliphatic heterocycles. The van der Waals surface area contributed by atoms with Gasteiger partial charge in [0.15, 0.2) is 11.9 Å². The van der Waals surface area contributed by atoms with Crippen LogP contribution in [0.25, 0.3) is 16.8 Å². The molecule has 1 aliphatic rings. The highest BCUT2D eigenvalue weighted by molar-refractivity contribution is 5.93. The number of aryl methyl sites for hydroxylation is 2. The summed E-state index contributed by atoms with van der Waals surface area (Å²) in [6.07, 6.45) is 5.77. The molecule has 1 N–H and O–H groups in total. The third-order valence-electron chi connectivity index (χ3n) is 5.70. The van der Waals surface area contributed by atoms with E-state index in [0.29, 0.717) is 22.8 Å². The topological polar surface area (TPSA) is 59.3 Å². The maximum atomic E-state index is 14.0. The predicted molar refractivity (Wildman–Crippen MR) is 109 cm³/mol. The summed E-state index contributed by atoms with van der Waals surface area (Å²) in [5, 5.41) is 8.42. The SMILES string of the molecule is CCC(CC)Nc1c2c(nc3c(-c4cc(F)ccc4C=O)c(C)nn13)CCC2. The zero-order valence-electron chi connectivity index (χ0n) is 16.6. The van der Waals surface area contributed by atoms with Gasteiger partial charge in [-0.25, -0.2) is 9.37 Å². The van der Waals surface area contributed by atoms with E-state index in [2.05, 4.69) is 19.2 Å². The molecule has 0 fully saturated rings. The lowest BCUT2D eigenvalue weighted by Gasteiger charge is -2.19. The average molecular weight is 380 g/mol. The van der Waals surface area contributed by atoms with E-state index in [1.54, 1.807) is 0 Å². The highest BCUT2D eigenvalue weighted by Crippen LogP contribution is 2.36. The largest absolute Gasteiger partial charge is 0.367 e. The van der Waals surface area contributed by atoms with E-state index in [0.717, 1.165) is 61.2 Å². The van der Waals surface area contributed by atoms with E-state index in [9.17, 15) is 9.18 Å². The predicted octanol–water partition coefficient (Wildman–Crippen LogP) is 4.75. The Morgan fingerprint density at radius 2 is 2.07 bits per heavy atom. The van der Waals surface area contributed by atoms with Gasteiger partial charge >= 0.3 is 0 Å². The lowest BCUT2D eigenvalue weighted by atomic mass is 10.0. The van der Waals surface area contributed by atoms with Crippen LogP contribution in [-0.2, 0) is 12.8 Å². The zero-order chi connectivity index (χ0) is 19.8. The van der Waals surface area contributed by atoms with Crippen molar-refractivity contribution < 1.29 is 9.18 Å². The first kappa shape index (κ1) is 18.6. The van der Waals surface area contributed by atoms with Crippen LogP contribution < -0.4 is 5.32 Å². The molecule has 5 nitrogen and oxygen atoms in total. The summed E-state index contributed by atoms with van der Waals surface area (Å²) in [5.41, 5.74) is 5.42. The summed E-state index contributed by atoms with van der Waals surface area (Å²) in [5.74, 6) is 0.612. The highest BCUT2D eigenvalue weighted by Gasteiger charge is 2.25. The number of carbonyl (C=O) groups is 1. The van der Waals surface area contributed by atoms with Gasteiger partial charge in [0.2, 0.25) is 0 Å². The number of halogens is 1. The molecule has 0 amide bonds. The van der Waals surface area contributed by atoms with Crippen LogP contribution in [0.3, 0.4) is 0 Å². The van der Waals surface area contributed by atoms with Gasteiger partial charge in [-0.2, -0.15) is 9.61 Å². The summed E-state index contributed by atoms with van der Waals surface area (Å²) in [4.78, 5) is 16.5. The van der Waals surface area contributed by atoms with Crippen molar-refractivity contribution in [3.63, 3.8) is 0 Å². The van der Waals surface area contributed by atoms with E-state index in [1.807, 2.05) is 11.4 Å². The molecular formula is C22H25FN4O. The highest BCUT2D eigenvalue weighted by atomic mass is 19.1. The van der Waals surface area contributed by atoms with Crippen LogP contribution in [0, 0.1) is 12.7 Å². The molecule has 1 aliphatic carbocycles. The van der Waals surface area contributed by atoms with Crippen LogP contribution >= 0.6 is 0 Å². The first-order valence-corrected chi connectivity index (χ1v) is 10.00. The number of hydrogen-bond donors (Lipinski definition) is 1. The van der Waals surface area contributed by atoms with Crippen molar-refractivity contribution in [2.75, 3.05) is 5.32 Å². The van der Waals surface area contributed by atoms with E-state index >= 15 is 0 Å². The van der Waals surface area contributed by atoms with Gasteiger partial charge in [-0.1, -0.05) is 13.8 Å². The summed E-state index contributed by atoms with van der Waals surface area (Å²) in [7, 11) is 0. The minimum absolute atomic E-state index is 0.350. The molecule has 3 aromatic rings. The van der Waals surface area contributed by atoms with Crippen LogP contribution in [-0.4, -0.2) is 26.9 Å². The lowest BCUT2D eigenvalue weighted by molar-refractivity contribution is 0.112. The Hall–Kier alpha value is -2.76. The standard InChI is InChI=1S/C22H25FN4O/c1-4-16(5-2)24-21-17-7-6-8-19(17)25-22-20(13(3)26-27(21)22)18-11-15(23)10-9-14(18)12-28/h9-12,16,24H,4-8H2,1-3H3. The minimum Gasteiger partial charge on any atom is -0.367 e. The Morgan fingerprint density at radius 3 is 2.79 bits per heavy atom. The van der Waals surface area contributed by atoms with Crippen molar-refractivity contribution in [1.29, 1.82) is 0 Å². The van der Waals surface area contributed by atoms with Crippen LogP contribution in [0.4, 0.5) is 10.2 Å². The van der Waals surface area contributed by atoms with Gasteiger partial charge in [-0.3, -0.25) is 4.79 Å². The van der Waals surface area contributed by atoms with E-state index in [4.69, 9.17) is 10.1 Å². The number of nitrogens with zero attached hydrogens (tertiary/aromatic N) is 3. The number of carbonyl (C=O) groups excluding carboxylic acids is 1. The van der Waals surface area contributed by atoms with Crippen LogP contribution in [0.1, 0.15) is 60.4 Å². The fourth-order valence-electron chi connectivity index (χ4n) is 4.13. The van der Waals surface area contributed by atoms with Crippen molar-refractivity contribution in [3.05, 3.63) is 46.5 Å². The Bertz CT molecular complexity index is 1050. The maximum Gasteiger partial charge on any atom is 0.165 e. The molecule has 0 unspecified atom stereocenters. The van der Waals surface area contributed by atoms with Crippen LogP contribution in [0.15, 0.2) is 18.2 Å². The molecule has 0 radical (unpaired) electrons. The number of hydrogen-bond acceptors (Lipinski definition) is 4. The second kappa shape index (κ2) is 7.34. The van der Waals surface area contributed by atoms with E-state index in [-0.39, 0.29) is 5.82 Å². The molecule has 2 aromatic heterocycles. The lowest BCUT2D eigenvalue weighted by Crippen LogP contribution is -2.21. The summed E-state index contributed by atoms with van der Waals surface area (Å²) in [6, 6.07) is 4.57. The number of benzene rings is 1.